The van der Waals surface area contributed by atoms with Crippen LogP contribution in [0, 0.1) is 0 Å². The summed E-state index contributed by atoms with van der Waals surface area (Å²) in [5, 5.41) is 12.2. The minimum absolute atomic E-state index is 0.250. The molecule has 0 aliphatic carbocycles. The normalized spacial score (nSPS) is 13.1. The third-order valence-corrected chi connectivity index (χ3v) is 2.86. The van der Waals surface area contributed by atoms with Gasteiger partial charge in [0.2, 0.25) is 0 Å². The molecule has 90 valence electrons. The molecule has 0 amide bonds. The maximum atomic E-state index is 8.79. The topological polar surface area (TPSA) is 32.3 Å². The molecule has 2 heteroatoms. The van der Waals surface area contributed by atoms with Gasteiger partial charge in [0.15, 0.2) is 0 Å². The van der Waals surface area contributed by atoms with Crippen LogP contribution < -0.4 is 5.32 Å². The number of aliphatic hydroxyl groups is 1. The third-order valence-electron chi connectivity index (χ3n) is 2.86. The Kier molecular flexibility index (Phi) is 5.50. The molecule has 0 fully saturated rings. The molecule has 1 aromatic rings. The van der Waals surface area contributed by atoms with Crippen LogP contribution in [0.3, 0.4) is 0 Å². The van der Waals surface area contributed by atoms with E-state index in [1.54, 1.807) is 0 Å². The van der Waals surface area contributed by atoms with Crippen molar-refractivity contribution in [3.63, 3.8) is 0 Å². The number of hydrogen-bond acceptors (Lipinski definition) is 2. The van der Waals surface area contributed by atoms with Gasteiger partial charge in [-0.3, -0.25) is 0 Å². The maximum Gasteiger partial charge on any atom is 0.0445 e. The highest BCUT2D eigenvalue weighted by Gasteiger charge is 2.01. The monoisotopic (exact) mass is 221 g/mol. The molecule has 2 N–H and O–H groups in total. The van der Waals surface area contributed by atoms with E-state index in [1.165, 1.54) is 11.1 Å². The Morgan fingerprint density at radius 1 is 1.12 bits per heavy atom. The first-order chi connectivity index (χ1) is 7.63. The first-order valence-electron chi connectivity index (χ1n) is 6.06. The van der Waals surface area contributed by atoms with Gasteiger partial charge in [-0.1, -0.05) is 38.1 Å². The summed E-state index contributed by atoms with van der Waals surface area (Å²) in [5.74, 6) is 0.593. The molecule has 0 saturated heterocycles. The Bertz CT molecular complexity index is 292. The van der Waals surface area contributed by atoms with Crippen LogP contribution in [0.2, 0.25) is 0 Å². The van der Waals surface area contributed by atoms with E-state index in [4.69, 9.17) is 5.11 Å². The SMILES string of the molecule is CC(C)c1ccc(CN[C@H](C)CCO)cc1. The summed E-state index contributed by atoms with van der Waals surface area (Å²) in [5.41, 5.74) is 2.68. The predicted molar refractivity (Wildman–Crippen MR) is 68.5 cm³/mol. The van der Waals surface area contributed by atoms with Crippen LogP contribution in [0.5, 0.6) is 0 Å². The molecule has 0 heterocycles. The van der Waals surface area contributed by atoms with E-state index in [0.29, 0.717) is 12.0 Å². The van der Waals surface area contributed by atoms with Crippen molar-refractivity contribution in [2.75, 3.05) is 6.61 Å². The molecule has 2 nitrogen and oxygen atoms in total. The fourth-order valence-corrected chi connectivity index (χ4v) is 1.61. The van der Waals surface area contributed by atoms with Crippen molar-refractivity contribution >= 4 is 0 Å². The summed E-state index contributed by atoms with van der Waals surface area (Å²) in [6.07, 6.45) is 0.810. The average Bonchev–Trinajstić information content (AvgIpc) is 2.27. The number of benzene rings is 1. The van der Waals surface area contributed by atoms with Gasteiger partial charge in [-0.2, -0.15) is 0 Å². The lowest BCUT2D eigenvalue weighted by molar-refractivity contribution is 0.268. The van der Waals surface area contributed by atoms with Crippen LogP contribution in [0.4, 0.5) is 0 Å². The largest absolute Gasteiger partial charge is 0.396 e. The first-order valence-corrected chi connectivity index (χ1v) is 6.06. The summed E-state index contributed by atoms with van der Waals surface area (Å²) in [7, 11) is 0. The maximum absolute atomic E-state index is 8.79. The summed E-state index contributed by atoms with van der Waals surface area (Å²) in [4.78, 5) is 0. The summed E-state index contributed by atoms with van der Waals surface area (Å²) in [6.45, 7) is 7.63. The molecule has 1 rings (SSSR count). The third kappa shape index (κ3) is 4.33. The van der Waals surface area contributed by atoms with E-state index in [2.05, 4.69) is 50.4 Å². The van der Waals surface area contributed by atoms with Gasteiger partial charge in [-0.05, 0) is 30.4 Å². The van der Waals surface area contributed by atoms with Crippen LogP contribution in [0.25, 0.3) is 0 Å². The molecule has 0 aliphatic heterocycles. The Hall–Kier alpha value is -0.860. The van der Waals surface area contributed by atoms with Crippen molar-refractivity contribution in [3.05, 3.63) is 35.4 Å². The van der Waals surface area contributed by atoms with Crippen molar-refractivity contribution in [1.29, 1.82) is 0 Å². The van der Waals surface area contributed by atoms with Gasteiger partial charge in [0.1, 0.15) is 0 Å². The zero-order valence-corrected chi connectivity index (χ0v) is 10.5. The molecule has 0 radical (unpaired) electrons. The Labute approximate surface area is 98.7 Å². The summed E-state index contributed by atoms with van der Waals surface area (Å²) >= 11 is 0. The summed E-state index contributed by atoms with van der Waals surface area (Å²) < 4.78 is 0. The van der Waals surface area contributed by atoms with Gasteiger partial charge >= 0.3 is 0 Å². The number of aliphatic hydroxyl groups excluding tert-OH is 1. The lowest BCUT2D eigenvalue weighted by atomic mass is 10.0. The van der Waals surface area contributed by atoms with Crippen LogP contribution in [0.15, 0.2) is 24.3 Å². The molecule has 0 spiro atoms. The smallest absolute Gasteiger partial charge is 0.0445 e. The molecular formula is C14H23NO. The van der Waals surface area contributed by atoms with Crippen molar-refractivity contribution in [3.8, 4) is 0 Å². The van der Waals surface area contributed by atoms with Gasteiger partial charge < -0.3 is 10.4 Å². The van der Waals surface area contributed by atoms with Crippen LogP contribution in [0.1, 0.15) is 44.2 Å². The minimum atomic E-state index is 0.250. The van der Waals surface area contributed by atoms with Gasteiger partial charge in [-0.25, -0.2) is 0 Å². The van der Waals surface area contributed by atoms with Crippen molar-refractivity contribution in [2.45, 2.75) is 45.7 Å². The van der Waals surface area contributed by atoms with Crippen LogP contribution >= 0.6 is 0 Å². The van der Waals surface area contributed by atoms with E-state index >= 15 is 0 Å². The highest BCUT2D eigenvalue weighted by atomic mass is 16.3. The van der Waals surface area contributed by atoms with E-state index < -0.39 is 0 Å². The molecular weight excluding hydrogens is 198 g/mol. The van der Waals surface area contributed by atoms with E-state index in [9.17, 15) is 0 Å². The van der Waals surface area contributed by atoms with Crippen molar-refractivity contribution < 1.29 is 5.11 Å². The van der Waals surface area contributed by atoms with Gasteiger partial charge in [-0.15, -0.1) is 0 Å². The highest BCUT2D eigenvalue weighted by molar-refractivity contribution is 5.24. The molecule has 0 aliphatic rings. The molecule has 0 aromatic heterocycles. The molecule has 0 unspecified atom stereocenters. The fourth-order valence-electron chi connectivity index (χ4n) is 1.61. The first kappa shape index (κ1) is 13.2. The van der Waals surface area contributed by atoms with Gasteiger partial charge in [0.05, 0.1) is 0 Å². The molecule has 16 heavy (non-hydrogen) atoms. The fraction of sp³-hybridized carbons (Fsp3) is 0.571. The second kappa shape index (κ2) is 6.66. The van der Waals surface area contributed by atoms with Gasteiger partial charge in [0, 0.05) is 19.2 Å². The quantitative estimate of drug-likeness (QED) is 0.774. The molecule has 1 aromatic carbocycles. The molecule has 0 saturated carbocycles. The number of nitrogens with one attached hydrogen (secondary N) is 1. The van der Waals surface area contributed by atoms with Crippen molar-refractivity contribution in [2.24, 2.45) is 0 Å². The minimum Gasteiger partial charge on any atom is -0.396 e. The Morgan fingerprint density at radius 2 is 1.75 bits per heavy atom. The van der Waals surface area contributed by atoms with E-state index in [0.717, 1.165) is 13.0 Å². The highest BCUT2D eigenvalue weighted by Crippen LogP contribution is 2.14. The Balaban J connectivity index is 2.43. The zero-order chi connectivity index (χ0) is 12.0. The van der Waals surface area contributed by atoms with Crippen LogP contribution in [-0.4, -0.2) is 17.8 Å². The average molecular weight is 221 g/mol. The number of rotatable bonds is 6. The van der Waals surface area contributed by atoms with Crippen molar-refractivity contribution in [1.82, 2.24) is 5.32 Å². The lowest BCUT2D eigenvalue weighted by Gasteiger charge is -2.13. The predicted octanol–water partition coefficient (Wildman–Crippen LogP) is 2.67. The van der Waals surface area contributed by atoms with Gasteiger partial charge in [0.25, 0.3) is 0 Å². The molecule has 1 atom stereocenters. The zero-order valence-electron chi connectivity index (χ0n) is 10.5. The second-order valence-corrected chi connectivity index (χ2v) is 4.69. The Morgan fingerprint density at radius 3 is 2.25 bits per heavy atom. The summed E-state index contributed by atoms with van der Waals surface area (Å²) in [6, 6.07) is 9.11. The second-order valence-electron chi connectivity index (χ2n) is 4.69. The van der Waals surface area contributed by atoms with E-state index in [-0.39, 0.29) is 6.61 Å². The van der Waals surface area contributed by atoms with Crippen LogP contribution in [-0.2, 0) is 6.54 Å². The number of hydrogen-bond donors (Lipinski definition) is 2. The standard InChI is InChI=1S/C14H23NO/c1-11(2)14-6-4-13(5-7-14)10-15-12(3)8-9-16/h4-7,11-12,15-16H,8-10H2,1-3H3/t12-/m1/s1. The lowest BCUT2D eigenvalue weighted by Crippen LogP contribution is -2.26. The van der Waals surface area contributed by atoms with E-state index in [1.807, 2.05) is 0 Å². The molecule has 0 bridgehead atoms.